The van der Waals surface area contributed by atoms with Gasteiger partial charge in [0.1, 0.15) is 14.3 Å². The Morgan fingerprint density at radius 2 is 1.71 bits per heavy atom. The van der Waals surface area contributed by atoms with Crippen LogP contribution in [0.1, 0.15) is 6.92 Å². The van der Waals surface area contributed by atoms with Gasteiger partial charge in [0, 0.05) is 17.1 Å². The zero-order valence-corrected chi connectivity index (χ0v) is 15.4. The third-order valence-corrected chi connectivity index (χ3v) is 6.60. The topological polar surface area (TPSA) is 23.6 Å². The predicted molar refractivity (Wildman–Crippen MR) is 105 cm³/mol. The summed E-state index contributed by atoms with van der Waals surface area (Å²) in [5.41, 5.74) is 2.15. The smallest absolute Gasteiger partial charge is 0.268 e. The van der Waals surface area contributed by atoms with Crippen LogP contribution in [0.5, 0.6) is 0 Å². The Kier molecular flexibility index (Phi) is 4.12. The Hall–Kier alpha value is -1.76. The summed E-state index contributed by atoms with van der Waals surface area (Å²) in [6.45, 7) is 2.55. The Bertz CT molecular complexity index is 864. The van der Waals surface area contributed by atoms with Gasteiger partial charge < -0.3 is 4.90 Å². The van der Waals surface area contributed by atoms with Crippen LogP contribution in [0.15, 0.2) is 69.4 Å². The number of thiocarbonyl (C=S) groups is 1. The highest BCUT2D eigenvalue weighted by atomic mass is 32.2. The normalized spacial score (nSPS) is 20.0. The van der Waals surface area contributed by atoms with E-state index in [0.29, 0.717) is 15.8 Å². The molecule has 4 rings (SSSR count). The molecule has 0 saturated carbocycles. The first kappa shape index (κ1) is 15.7. The molecule has 1 fully saturated rings. The summed E-state index contributed by atoms with van der Waals surface area (Å²) >= 11 is 8.41. The highest BCUT2D eigenvalue weighted by Gasteiger charge is 2.38. The third-order valence-electron chi connectivity index (χ3n) is 3.89. The zero-order valence-electron chi connectivity index (χ0n) is 12.9. The van der Waals surface area contributed by atoms with Gasteiger partial charge in [-0.05, 0) is 31.2 Å². The minimum atomic E-state index is 0.00346. The summed E-state index contributed by atoms with van der Waals surface area (Å²) < 4.78 is 0.634. The number of carbonyl (C=O) groups excluding carboxylic acids is 1. The second kappa shape index (κ2) is 6.27. The van der Waals surface area contributed by atoms with Gasteiger partial charge in [0.05, 0.1) is 5.69 Å². The van der Waals surface area contributed by atoms with Crippen LogP contribution in [0.3, 0.4) is 0 Å². The van der Waals surface area contributed by atoms with Crippen molar-refractivity contribution in [1.29, 1.82) is 0 Å². The number of para-hydroxylation sites is 2. The fraction of sp³-hybridized carbons (Fsp3) is 0.111. The predicted octanol–water partition coefficient (Wildman–Crippen LogP) is 4.98. The van der Waals surface area contributed by atoms with Gasteiger partial charge in [-0.2, -0.15) is 0 Å². The number of likely N-dealkylation sites (N-methyl/N-ethyl adjacent to an activating group) is 1. The van der Waals surface area contributed by atoms with Crippen molar-refractivity contribution in [1.82, 2.24) is 4.90 Å². The third kappa shape index (κ3) is 2.46. The average molecular weight is 371 g/mol. The van der Waals surface area contributed by atoms with E-state index in [9.17, 15) is 4.79 Å². The van der Waals surface area contributed by atoms with Gasteiger partial charge in [-0.1, -0.05) is 66.1 Å². The van der Waals surface area contributed by atoms with Crippen molar-refractivity contribution >= 4 is 57.3 Å². The molecule has 1 amide bonds. The molecule has 2 heterocycles. The molecule has 2 aliphatic heterocycles. The first-order valence-corrected chi connectivity index (χ1v) is 9.65. The van der Waals surface area contributed by atoms with E-state index in [1.807, 2.05) is 37.3 Å². The molecular formula is C18H14N2OS3. The van der Waals surface area contributed by atoms with E-state index in [4.69, 9.17) is 12.2 Å². The van der Waals surface area contributed by atoms with Crippen LogP contribution in [-0.2, 0) is 4.79 Å². The van der Waals surface area contributed by atoms with Crippen molar-refractivity contribution in [2.24, 2.45) is 0 Å². The standard InChI is InChI=1S/C18H14N2OS3/c1-2-19-16(21)15(24-18(19)22)17-20(12-8-4-3-5-9-12)13-10-6-7-11-14(13)23-17/h3-11H,2H2,1H3/b17-15+. The number of fused-ring (bicyclic) bond motifs is 1. The van der Waals surface area contributed by atoms with E-state index in [0.717, 1.165) is 21.3 Å². The van der Waals surface area contributed by atoms with Crippen molar-refractivity contribution in [3.8, 4) is 0 Å². The summed E-state index contributed by atoms with van der Waals surface area (Å²) in [5, 5.41) is 0.940. The molecule has 0 radical (unpaired) electrons. The van der Waals surface area contributed by atoms with Crippen LogP contribution in [0.4, 0.5) is 11.4 Å². The van der Waals surface area contributed by atoms with E-state index >= 15 is 0 Å². The monoisotopic (exact) mass is 370 g/mol. The van der Waals surface area contributed by atoms with Crippen LogP contribution in [0.2, 0.25) is 0 Å². The molecule has 1 saturated heterocycles. The maximum atomic E-state index is 12.8. The Balaban J connectivity index is 1.88. The van der Waals surface area contributed by atoms with Crippen LogP contribution < -0.4 is 4.90 Å². The minimum Gasteiger partial charge on any atom is -0.302 e. The molecule has 0 atom stereocenters. The Morgan fingerprint density at radius 3 is 2.42 bits per heavy atom. The zero-order chi connectivity index (χ0) is 16.7. The maximum Gasteiger partial charge on any atom is 0.268 e. The molecule has 24 heavy (non-hydrogen) atoms. The van der Waals surface area contributed by atoms with E-state index in [-0.39, 0.29) is 5.91 Å². The van der Waals surface area contributed by atoms with Gasteiger partial charge >= 0.3 is 0 Å². The molecule has 0 N–H and O–H groups in total. The van der Waals surface area contributed by atoms with E-state index in [2.05, 4.69) is 29.2 Å². The molecule has 0 aliphatic carbocycles. The molecule has 0 bridgehead atoms. The fourth-order valence-electron chi connectivity index (χ4n) is 2.77. The van der Waals surface area contributed by atoms with Crippen molar-refractivity contribution in [3.63, 3.8) is 0 Å². The lowest BCUT2D eigenvalue weighted by Gasteiger charge is -2.21. The van der Waals surface area contributed by atoms with Crippen molar-refractivity contribution in [2.45, 2.75) is 11.8 Å². The molecule has 2 aliphatic rings. The molecule has 2 aromatic carbocycles. The van der Waals surface area contributed by atoms with Gasteiger partial charge in [0.25, 0.3) is 5.91 Å². The quantitative estimate of drug-likeness (QED) is 0.548. The maximum absolute atomic E-state index is 12.8. The number of carbonyl (C=O) groups is 1. The molecular weight excluding hydrogens is 356 g/mol. The number of nitrogens with zero attached hydrogens (tertiary/aromatic N) is 2. The van der Waals surface area contributed by atoms with Crippen molar-refractivity contribution < 1.29 is 4.79 Å². The number of amides is 1. The fourth-order valence-corrected chi connectivity index (χ4v) is 5.45. The summed E-state index contributed by atoms with van der Waals surface area (Å²) in [6.07, 6.45) is 0. The van der Waals surface area contributed by atoms with Crippen molar-refractivity contribution in [3.05, 3.63) is 64.5 Å². The lowest BCUT2D eigenvalue weighted by atomic mass is 10.2. The minimum absolute atomic E-state index is 0.00346. The second-order valence-electron chi connectivity index (χ2n) is 5.29. The van der Waals surface area contributed by atoms with Gasteiger partial charge in [-0.15, -0.1) is 0 Å². The number of benzene rings is 2. The van der Waals surface area contributed by atoms with Crippen LogP contribution >= 0.6 is 35.7 Å². The second-order valence-corrected chi connectivity index (χ2v) is 7.97. The van der Waals surface area contributed by atoms with Crippen LogP contribution in [-0.4, -0.2) is 21.7 Å². The molecule has 3 nitrogen and oxygen atoms in total. The summed E-state index contributed by atoms with van der Waals surface area (Å²) in [4.78, 5) is 18.5. The first-order valence-electron chi connectivity index (χ1n) is 7.60. The number of hydrogen-bond acceptors (Lipinski definition) is 5. The molecule has 0 spiro atoms. The number of anilines is 2. The van der Waals surface area contributed by atoms with Crippen molar-refractivity contribution in [2.75, 3.05) is 11.4 Å². The Labute approximate surface area is 154 Å². The molecule has 0 unspecified atom stereocenters. The summed E-state index contributed by atoms with van der Waals surface area (Å²) in [6, 6.07) is 18.4. The van der Waals surface area contributed by atoms with E-state index < -0.39 is 0 Å². The first-order chi connectivity index (χ1) is 11.7. The molecule has 2 aromatic rings. The van der Waals surface area contributed by atoms with Crippen LogP contribution in [0, 0.1) is 0 Å². The van der Waals surface area contributed by atoms with Gasteiger partial charge in [0.2, 0.25) is 0 Å². The summed E-state index contributed by atoms with van der Waals surface area (Å²) in [7, 11) is 0. The van der Waals surface area contributed by atoms with E-state index in [1.165, 1.54) is 11.8 Å². The van der Waals surface area contributed by atoms with E-state index in [1.54, 1.807) is 16.7 Å². The number of hydrogen-bond donors (Lipinski definition) is 0. The van der Waals surface area contributed by atoms with Crippen LogP contribution in [0.25, 0.3) is 0 Å². The number of rotatable bonds is 2. The van der Waals surface area contributed by atoms with Gasteiger partial charge in [0.15, 0.2) is 0 Å². The molecule has 120 valence electrons. The highest BCUT2D eigenvalue weighted by molar-refractivity contribution is 8.27. The Morgan fingerprint density at radius 1 is 1.00 bits per heavy atom. The lowest BCUT2D eigenvalue weighted by molar-refractivity contribution is -0.122. The lowest BCUT2D eigenvalue weighted by Crippen LogP contribution is -2.28. The largest absolute Gasteiger partial charge is 0.302 e. The number of thioether (sulfide) groups is 2. The SMILES string of the molecule is CCN1C(=O)/C(=C2\Sc3ccccc3N2c2ccccc2)SC1=S. The van der Waals surface area contributed by atoms with Gasteiger partial charge in [-0.25, -0.2) is 0 Å². The molecule has 6 heteroatoms. The van der Waals surface area contributed by atoms with Gasteiger partial charge in [-0.3, -0.25) is 9.69 Å². The highest BCUT2D eigenvalue weighted by Crippen LogP contribution is 2.53. The average Bonchev–Trinajstić information content (AvgIpc) is 3.12. The summed E-state index contributed by atoms with van der Waals surface area (Å²) in [5.74, 6) is 0.00346. The molecule has 0 aromatic heterocycles.